The van der Waals surface area contributed by atoms with Gasteiger partial charge in [0.25, 0.3) is 0 Å². The molecule has 1 aliphatic heterocycles. The smallest absolute Gasteiger partial charge is 0.322 e. The molecule has 4 aromatic carbocycles. The molecule has 0 radical (unpaired) electrons. The highest BCUT2D eigenvalue weighted by Crippen LogP contribution is 2.41. The zero-order chi connectivity index (χ0) is 25.9. The van der Waals surface area contributed by atoms with Crippen molar-refractivity contribution in [1.29, 1.82) is 0 Å². The lowest BCUT2D eigenvalue weighted by Crippen LogP contribution is -2.29. The standard InChI is InChI=1S/C31H28N2O4/c1-20-10-12-21(13-11-20)28(35)17-16-27-30(33(31(37)32-27)24-7-3-2-4-8-24)26-15-14-23(19-29(26)36)22-6-5-9-25(34)18-22/h2-15,18-19,27,30,34,36H,16-17H2,1H3,(H,32,37). The minimum absolute atomic E-state index is 0.00890. The number of para-hydroxylation sites is 1. The number of urea groups is 1. The first-order chi connectivity index (χ1) is 17.9. The summed E-state index contributed by atoms with van der Waals surface area (Å²) in [6.45, 7) is 1.98. The zero-order valence-electron chi connectivity index (χ0n) is 20.5. The number of ketones is 1. The average Bonchev–Trinajstić information content (AvgIpc) is 3.23. The van der Waals surface area contributed by atoms with Crippen LogP contribution in [0.1, 0.15) is 40.4 Å². The normalized spacial score (nSPS) is 17.0. The van der Waals surface area contributed by atoms with Gasteiger partial charge in [-0.3, -0.25) is 9.69 Å². The van der Waals surface area contributed by atoms with E-state index in [1.165, 1.54) is 0 Å². The second-order valence-electron chi connectivity index (χ2n) is 9.36. The van der Waals surface area contributed by atoms with Gasteiger partial charge in [-0.05, 0) is 54.8 Å². The van der Waals surface area contributed by atoms with Crippen LogP contribution in [0.3, 0.4) is 0 Å². The summed E-state index contributed by atoms with van der Waals surface area (Å²) in [6, 6.07) is 27.7. The first-order valence-corrected chi connectivity index (χ1v) is 12.3. The lowest BCUT2D eigenvalue weighted by Gasteiger charge is -2.28. The van der Waals surface area contributed by atoms with Crippen LogP contribution < -0.4 is 10.2 Å². The number of aryl methyl sites for hydroxylation is 1. The van der Waals surface area contributed by atoms with Crippen LogP contribution in [0.2, 0.25) is 0 Å². The van der Waals surface area contributed by atoms with Crippen LogP contribution in [0.15, 0.2) is 97.1 Å². The van der Waals surface area contributed by atoms with E-state index in [1.54, 1.807) is 29.2 Å². The summed E-state index contributed by atoms with van der Waals surface area (Å²) in [4.78, 5) is 27.7. The second-order valence-corrected chi connectivity index (χ2v) is 9.36. The van der Waals surface area contributed by atoms with Gasteiger partial charge < -0.3 is 15.5 Å². The predicted molar refractivity (Wildman–Crippen MR) is 144 cm³/mol. The molecule has 37 heavy (non-hydrogen) atoms. The molecule has 3 N–H and O–H groups in total. The molecule has 1 heterocycles. The van der Waals surface area contributed by atoms with Crippen LogP contribution in [-0.2, 0) is 0 Å². The molecule has 0 saturated carbocycles. The van der Waals surface area contributed by atoms with Crippen LogP contribution in [0, 0.1) is 6.92 Å². The van der Waals surface area contributed by atoms with E-state index in [1.807, 2.05) is 79.7 Å². The quantitative estimate of drug-likeness (QED) is 0.261. The highest BCUT2D eigenvalue weighted by molar-refractivity contribution is 5.97. The Labute approximate surface area is 215 Å². The van der Waals surface area contributed by atoms with Crippen molar-refractivity contribution in [1.82, 2.24) is 5.32 Å². The molecule has 0 spiro atoms. The summed E-state index contributed by atoms with van der Waals surface area (Å²) < 4.78 is 0. The van der Waals surface area contributed by atoms with Crippen molar-refractivity contribution < 1.29 is 19.8 Å². The highest BCUT2D eigenvalue weighted by atomic mass is 16.3. The Hall–Kier alpha value is -4.58. The number of phenolic OH excluding ortho intramolecular Hbond substituents is 2. The molecule has 0 aliphatic carbocycles. The van der Waals surface area contributed by atoms with Gasteiger partial charge in [0.1, 0.15) is 11.5 Å². The summed E-state index contributed by atoms with van der Waals surface area (Å²) in [7, 11) is 0. The Bertz CT molecular complexity index is 1430. The van der Waals surface area contributed by atoms with Crippen molar-refractivity contribution in [3.8, 4) is 22.6 Å². The van der Waals surface area contributed by atoms with Crippen molar-refractivity contribution in [3.05, 3.63) is 114 Å². The van der Waals surface area contributed by atoms with Crippen molar-refractivity contribution in [2.45, 2.75) is 31.8 Å². The molecule has 1 fully saturated rings. The number of hydrogen-bond acceptors (Lipinski definition) is 4. The van der Waals surface area contributed by atoms with Crippen LogP contribution in [0.4, 0.5) is 10.5 Å². The number of carbonyl (C=O) groups excluding carboxylic acids is 2. The molecular formula is C31H28N2O4. The van der Waals surface area contributed by atoms with Crippen molar-refractivity contribution in [3.63, 3.8) is 0 Å². The van der Waals surface area contributed by atoms with Crippen LogP contribution in [-0.4, -0.2) is 28.1 Å². The number of aromatic hydroxyl groups is 2. The number of benzene rings is 4. The summed E-state index contributed by atoms with van der Waals surface area (Å²) in [6.07, 6.45) is 0.676. The Balaban J connectivity index is 1.47. The fraction of sp³-hybridized carbons (Fsp3) is 0.161. The Kier molecular flexibility index (Phi) is 6.64. The number of phenols is 2. The summed E-state index contributed by atoms with van der Waals surface area (Å²) >= 11 is 0. The highest BCUT2D eigenvalue weighted by Gasteiger charge is 2.42. The van der Waals surface area contributed by atoms with Crippen LogP contribution in [0.25, 0.3) is 11.1 Å². The maximum Gasteiger partial charge on any atom is 0.322 e. The van der Waals surface area contributed by atoms with Crippen molar-refractivity contribution >= 4 is 17.5 Å². The zero-order valence-corrected chi connectivity index (χ0v) is 20.5. The van der Waals surface area contributed by atoms with Crippen molar-refractivity contribution in [2.24, 2.45) is 0 Å². The fourth-order valence-electron chi connectivity index (χ4n) is 4.89. The van der Waals surface area contributed by atoms with Gasteiger partial charge in [-0.25, -0.2) is 4.79 Å². The number of nitrogens with one attached hydrogen (secondary N) is 1. The molecule has 186 valence electrons. The maximum atomic E-state index is 13.2. The first kappa shape index (κ1) is 24.1. The van der Waals surface area contributed by atoms with Gasteiger partial charge in [0, 0.05) is 23.2 Å². The molecule has 0 aromatic heterocycles. The monoisotopic (exact) mass is 492 g/mol. The molecule has 0 bridgehead atoms. The Morgan fingerprint density at radius 1 is 0.865 bits per heavy atom. The first-order valence-electron chi connectivity index (χ1n) is 12.3. The summed E-state index contributed by atoms with van der Waals surface area (Å²) in [5, 5.41) is 24.0. The molecule has 6 heteroatoms. The van der Waals surface area contributed by atoms with Crippen LogP contribution in [0.5, 0.6) is 11.5 Å². The minimum Gasteiger partial charge on any atom is -0.508 e. The largest absolute Gasteiger partial charge is 0.508 e. The molecule has 1 saturated heterocycles. The van der Waals surface area contributed by atoms with E-state index in [9.17, 15) is 19.8 Å². The summed E-state index contributed by atoms with van der Waals surface area (Å²) in [5.74, 6) is 0.188. The molecule has 5 rings (SSSR count). The fourth-order valence-corrected chi connectivity index (χ4v) is 4.89. The number of nitrogens with zero attached hydrogens (tertiary/aromatic N) is 1. The minimum atomic E-state index is -0.515. The third kappa shape index (κ3) is 5.05. The van der Waals surface area contributed by atoms with Crippen LogP contribution >= 0.6 is 0 Å². The molecule has 2 unspecified atom stereocenters. The number of hydrogen-bond donors (Lipinski definition) is 3. The van der Waals surface area contributed by atoms with Gasteiger partial charge in [-0.1, -0.05) is 72.3 Å². The lowest BCUT2D eigenvalue weighted by atomic mass is 9.91. The average molecular weight is 493 g/mol. The van der Waals surface area contributed by atoms with E-state index in [2.05, 4.69) is 5.32 Å². The number of amides is 2. The molecule has 1 aliphatic rings. The molecule has 4 aromatic rings. The third-order valence-corrected chi connectivity index (χ3v) is 6.81. The number of carbonyl (C=O) groups is 2. The second kappa shape index (κ2) is 10.2. The number of anilines is 1. The van der Waals surface area contributed by atoms with Gasteiger partial charge in [-0.2, -0.15) is 0 Å². The summed E-state index contributed by atoms with van der Waals surface area (Å²) in [5.41, 5.74) is 4.52. The van der Waals surface area contributed by atoms with E-state index in [0.29, 0.717) is 23.2 Å². The molecule has 6 nitrogen and oxygen atoms in total. The van der Waals surface area contributed by atoms with E-state index in [4.69, 9.17) is 0 Å². The predicted octanol–water partition coefficient (Wildman–Crippen LogP) is 6.38. The SMILES string of the molecule is Cc1ccc(C(=O)CCC2NC(=O)N(c3ccccc3)C2c2ccc(-c3cccc(O)c3)cc2O)cc1. The topological polar surface area (TPSA) is 89.9 Å². The molecule has 2 atom stereocenters. The number of rotatable bonds is 7. The maximum absolute atomic E-state index is 13.2. The van der Waals surface area contributed by atoms with E-state index >= 15 is 0 Å². The van der Waals surface area contributed by atoms with Gasteiger partial charge in [0.05, 0.1) is 12.1 Å². The van der Waals surface area contributed by atoms with E-state index in [0.717, 1.165) is 16.7 Å². The Morgan fingerprint density at radius 2 is 1.59 bits per heavy atom. The third-order valence-electron chi connectivity index (χ3n) is 6.81. The van der Waals surface area contributed by atoms with Gasteiger partial charge >= 0.3 is 6.03 Å². The molecule has 2 amide bonds. The van der Waals surface area contributed by atoms with Gasteiger partial charge in [-0.15, -0.1) is 0 Å². The van der Waals surface area contributed by atoms with Gasteiger partial charge in [0.2, 0.25) is 0 Å². The van der Waals surface area contributed by atoms with E-state index < -0.39 is 6.04 Å². The van der Waals surface area contributed by atoms with Crippen molar-refractivity contribution in [2.75, 3.05) is 4.90 Å². The van der Waals surface area contributed by atoms with E-state index in [-0.39, 0.29) is 35.8 Å². The lowest BCUT2D eigenvalue weighted by molar-refractivity contribution is 0.0976. The molecular weight excluding hydrogens is 464 g/mol. The van der Waals surface area contributed by atoms with Gasteiger partial charge in [0.15, 0.2) is 5.78 Å². The number of Topliss-reactive ketones (excluding diaryl/α,β-unsaturated/α-hetero) is 1. The Morgan fingerprint density at radius 3 is 2.30 bits per heavy atom.